The van der Waals surface area contributed by atoms with E-state index in [9.17, 15) is 0 Å². The van der Waals surface area contributed by atoms with E-state index in [1.807, 2.05) is 5.51 Å². The molecule has 0 spiro atoms. The number of hydrogen-bond donors (Lipinski definition) is 2. The second-order valence-electron chi connectivity index (χ2n) is 5.48. The molecule has 0 bridgehead atoms. The minimum atomic E-state index is 0.266. The summed E-state index contributed by atoms with van der Waals surface area (Å²) in [7, 11) is 0. The van der Waals surface area contributed by atoms with E-state index in [0.717, 1.165) is 31.9 Å². The van der Waals surface area contributed by atoms with Gasteiger partial charge >= 0.3 is 0 Å². The highest BCUT2D eigenvalue weighted by Gasteiger charge is 2.33. The van der Waals surface area contributed by atoms with Gasteiger partial charge < -0.3 is 10.6 Å². The minimum absolute atomic E-state index is 0.266. The molecule has 1 fully saturated rings. The molecule has 0 unspecified atom stereocenters. The number of benzene rings is 1. The maximum absolute atomic E-state index is 4.34. The smallest absolute Gasteiger partial charge is 0.0795 e. The molecule has 0 aliphatic carbocycles. The fraction of sp³-hybridized carbons (Fsp3) is 0.438. The van der Waals surface area contributed by atoms with Gasteiger partial charge in [-0.05, 0) is 31.5 Å². The first kappa shape index (κ1) is 13.7. The van der Waals surface area contributed by atoms with E-state index >= 15 is 0 Å². The summed E-state index contributed by atoms with van der Waals surface area (Å²) < 4.78 is 0. The molecule has 2 heterocycles. The topological polar surface area (TPSA) is 37.0 Å². The normalized spacial score (nSPS) is 18.0. The number of rotatable bonds is 5. The van der Waals surface area contributed by atoms with Gasteiger partial charge in [0.05, 0.1) is 11.2 Å². The highest BCUT2D eigenvalue weighted by atomic mass is 32.1. The highest BCUT2D eigenvalue weighted by molar-refractivity contribution is 7.07. The molecule has 106 valence electrons. The van der Waals surface area contributed by atoms with Crippen molar-refractivity contribution in [1.82, 2.24) is 15.6 Å². The molecule has 4 heteroatoms. The number of aromatic nitrogens is 1. The second kappa shape index (κ2) is 6.48. The number of hydrogen-bond acceptors (Lipinski definition) is 4. The zero-order chi connectivity index (χ0) is 13.7. The summed E-state index contributed by atoms with van der Waals surface area (Å²) in [5.74, 6) is 0. The molecule has 2 aromatic rings. The summed E-state index contributed by atoms with van der Waals surface area (Å²) in [6.07, 6.45) is 2.39. The van der Waals surface area contributed by atoms with E-state index in [2.05, 4.69) is 51.3 Å². The predicted molar refractivity (Wildman–Crippen MR) is 84.0 cm³/mol. The van der Waals surface area contributed by atoms with Gasteiger partial charge in [0, 0.05) is 23.9 Å². The zero-order valence-corrected chi connectivity index (χ0v) is 12.5. The summed E-state index contributed by atoms with van der Waals surface area (Å²) in [5, 5.41) is 9.20. The first-order chi connectivity index (χ1) is 9.89. The van der Waals surface area contributed by atoms with Crippen LogP contribution < -0.4 is 10.6 Å². The predicted octanol–water partition coefficient (Wildman–Crippen LogP) is 2.55. The van der Waals surface area contributed by atoms with Crippen LogP contribution in [-0.4, -0.2) is 24.6 Å². The molecule has 20 heavy (non-hydrogen) atoms. The number of piperidine rings is 1. The SMILES string of the molecule is c1ccc(C2(CNCc3cscn3)CCNCC2)cc1. The molecule has 0 amide bonds. The van der Waals surface area contributed by atoms with Crippen LogP contribution in [0.3, 0.4) is 0 Å². The molecule has 1 saturated heterocycles. The Morgan fingerprint density at radius 1 is 1.20 bits per heavy atom. The van der Waals surface area contributed by atoms with Gasteiger partial charge in [0.25, 0.3) is 0 Å². The van der Waals surface area contributed by atoms with Gasteiger partial charge in [0.2, 0.25) is 0 Å². The van der Waals surface area contributed by atoms with Crippen molar-refractivity contribution in [3.8, 4) is 0 Å². The van der Waals surface area contributed by atoms with E-state index in [0.29, 0.717) is 0 Å². The monoisotopic (exact) mass is 287 g/mol. The first-order valence-corrected chi connectivity index (χ1v) is 8.17. The Morgan fingerprint density at radius 2 is 2.00 bits per heavy atom. The Morgan fingerprint density at radius 3 is 2.70 bits per heavy atom. The van der Waals surface area contributed by atoms with Gasteiger partial charge in [-0.25, -0.2) is 4.98 Å². The van der Waals surface area contributed by atoms with E-state index in [1.165, 1.54) is 18.4 Å². The van der Waals surface area contributed by atoms with Gasteiger partial charge in [-0.3, -0.25) is 0 Å². The standard InChI is InChI=1S/C16H21N3S/c1-2-4-14(5-3-1)16(6-8-17-9-7-16)12-18-10-15-11-20-13-19-15/h1-5,11,13,17-18H,6-10,12H2. The van der Waals surface area contributed by atoms with Crippen LogP contribution in [0.1, 0.15) is 24.1 Å². The van der Waals surface area contributed by atoms with Crippen molar-refractivity contribution in [2.24, 2.45) is 0 Å². The molecule has 1 aliphatic heterocycles. The minimum Gasteiger partial charge on any atom is -0.317 e. The van der Waals surface area contributed by atoms with Crippen molar-refractivity contribution in [3.63, 3.8) is 0 Å². The highest BCUT2D eigenvalue weighted by Crippen LogP contribution is 2.32. The fourth-order valence-electron chi connectivity index (χ4n) is 3.02. The lowest BCUT2D eigenvalue weighted by atomic mass is 9.73. The van der Waals surface area contributed by atoms with Crippen LogP contribution in [0.5, 0.6) is 0 Å². The van der Waals surface area contributed by atoms with Crippen molar-refractivity contribution in [2.75, 3.05) is 19.6 Å². The van der Waals surface area contributed by atoms with Gasteiger partial charge in [-0.2, -0.15) is 0 Å². The molecule has 3 nitrogen and oxygen atoms in total. The zero-order valence-electron chi connectivity index (χ0n) is 11.6. The summed E-state index contributed by atoms with van der Waals surface area (Å²) in [6.45, 7) is 4.10. The molecule has 1 aromatic carbocycles. The van der Waals surface area contributed by atoms with E-state index in [-0.39, 0.29) is 5.41 Å². The van der Waals surface area contributed by atoms with E-state index in [1.54, 1.807) is 11.3 Å². The third-order valence-electron chi connectivity index (χ3n) is 4.20. The van der Waals surface area contributed by atoms with Crippen molar-refractivity contribution >= 4 is 11.3 Å². The summed E-state index contributed by atoms with van der Waals surface area (Å²) >= 11 is 1.66. The first-order valence-electron chi connectivity index (χ1n) is 7.23. The molecule has 3 rings (SSSR count). The lowest BCUT2D eigenvalue weighted by molar-refractivity contribution is 0.292. The average molecular weight is 287 g/mol. The lowest BCUT2D eigenvalue weighted by Gasteiger charge is -2.38. The van der Waals surface area contributed by atoms with Crippen LogP contribution >= 0.6 is 11.3 Å². The molecular weight excluding hydrogens is 266 g/mol. The van der Waals surface area contributed by atoms with Crippen molar-refractivity contribution in [3.05, 3.63) is 52.5 Å². The Bertz CT molecular complexity index is 504. The summed E-state index contributed by atoms with van der Waals surface area (Å²) in [6, 6.07) is 11.0. The maximum Gasteiger partial charge on any atom is 0.0795 e. The van der Waals surface area contributed by atoms with E-state index < -0.39 is 0 Å². The quantitative estimate of drug-likeness (QED) is 0.887. The molecule has 0 atom stereocenters. The van der Waals surface area contributed by atoms with Gasteiger partial charge in [0.1, 0.15) is 0 Å². The van der Waals surface area contributed by atoms with Crippen LogP contribution in [0, 0.1) is 0 Å². The third kappa shape index (κ3) is 3.08. The van der Waals surface area contributed by atoms with Crippen LogP contribution in [0.25, 0.3) is 0 Å². The van der Waals surface area contributed by atoms with Crippen LogP contribution in [0.4, 0.5) is 0 Å². The van der Waals surface area contributed by atoms with Crippen molar-refractivity contribution < 1.29 is 0 Å². The molecule has 1 aromatic heterocycles. The largest absolute Gasteiger partial charge is 0.317 e. The Balaban J connectivity index is 1.69. The molecule has 0 radical (unpaired) electrons. The Labute approximate surface area is 124 Å². The second-order valence-corrected chi connectivity index (χ2v) is 6.20. The number of thiazole rings is 1. The Hall–Kier alpha value is -1.23. The summed E-state index contributed by atoms with van der Waals surface area (Å²) in [4.78, 5) is 4.34. The summed E-state index contributed by atoms with van der Waals surface area (Å²) in [5.41, 5.74) is 4.77. The van der Waals surface area contributed by atoms with Crippen LogP contribution in [0.15, 0.2) is 41.2 Å². The van der Waals surface area contributed by atoms with Gasteiger partial charge in [-0.15, -0.1) is 11.3 Å². The van der Waals surface area contributed by atoms with Crippen LogP contribution in [-0.2, 0) is 12.0 Å². The van der Waals surface area contributed by atoms with E-state index in [4.69, 9.17) is 0 Å². The number of nitrogens with one attached hydrogen (secondary N) is 2. The van der Waals surface area contributed by atoms with Crippen molar-refractivity contribution in [1.29, 1.82) is 0 Å². The molecule has 1 aliphatic rings. The molecular formula is C16H21N3S. The van der Waals surface area contributed by atoms with Gasteiger partial charge in [-0.1, -0.05) is 30.3 Å². The molecule has 0 saturated carbocycles. The Kier molecular flexibility index (Phi) is 4.45. The average Bonchev–Trinajstić information content (AvgIpc) is 3.02. The lowest BCUT2D eigenvalue weighted by Crippen LogP contribution is -2.46. The maximum atomic E-state index is 4.34. The third-order valence-corrected chi connectivity index (χ3v) is 4.84. The van der Waals surface area contributed by atoms with Crippen molar-refractivity contribution in [2.45, 2.75) is 24.8 Å². The molecule has 2 N–H and O–H groups in total. The fourth-order valence-corrected chi connectivity index (χ4v) is 3.58. The van der Waals surface area contributed by atoms with Crippen LogP contribution in [0.2, 0.25) is 0 Å². The van der Waals surface area contributed by atoms with Gasteiger partial charge in [0.15, 0.2) is 0 Å². The number of nitrogens with zero attached hydrogens (tertiary/aromatic N) is 1.